The Morgan fingerprint density at radius 1 is 1.67 bits per heavy atom. The van der Waals surface area contributed by atoms with Gasteiger partial charge in [-0.2, -0.15) is 18.6 Å². The molecule has 0 atom stereocenters. The summed E-state index contributed by atoms with van der Waals surface area (Å²) in [4.78, 5) is 3.85. The number of hydrogen-bond donors (Lipinski definition) is 2. The summed E-state index contributed by atoms with van der Waals surface area (Å²) in [6, 6.07) is 0. The van der Waals surface area contributed by atoms with Crippen LogP contribution in [0.1, 0.15) is 0 Å². The summed E-state index contributed by atoms with van der Waals surface area (Å²) in [5, 5.41) is 2.93. The summed E-state index contributed by atoms with van der Waals surface area (Å²) in [5.74, 6) is 4.20. The second kappa shape index (κ2) is 5.89. The zero-order valence-corrected chi connectivity index (χ0v) is 7.37. The molecule has 0 saturated heterocycles. The maximum atomic E-state index is 9.80. The number of nitrogens with zero attached hydrogens (tertiary/aromatic N) is 1. The molecule has 0 aliphatic carbocycles. The molecule has 0 aromatic carbocycles. The van der Waals surface area contributed by atoms with Crippen molar-refractivity contribution in [1.29, 1.82) is 0 Å². The molecule has 0 radical (unpaired) electrons. The highest BCUT2D eigenvalue weighted by Crippen LogP contribution is 1.83. The van der Waals surface area contributed by atoms with Gasteiger partial charge in [0.05, 0.1) is 20.0 Å². The van der Waals surface area contributed by atoms with Gasteiger partial charge in [-0.1, -0.05) is 0 Å². The average molecular weight is 197 g/mol. The first-order valence-corrected chi connectivity index (χ1v) is 4.36. The van der Waals surface area contributed by atoms with Crippen molar-refractivity contribution in [3.8, 4) is 0 Å². The monoisotopic (exact) mass is 197 g/mol. The molecule has 0 unspecified atom stereocenters. The molecule has 12 heavy (non-hydrogen) atoms. The fourth-order valence-corrected chi connectivity index (χ4v) is 0.441. The van der Waals surface area contributed by atoms with Gasteiger partial charge in [-0.05, 0) is 0 Å². The molecular weight excluding hydrogens is 186 g/mol. The minimum Gasteiger partial charge on any atom is -0.375 e. The third-order valence-electron chi connectivity index (χ3n) is 0.890. The number of nitrogens with one attached hydrogen (secondary N) is 1. The molecule has 0 saturated carbocycles. The highest BCUT2D eigenvalue weighted by molar-refractivity contribution is 7.81. The van der Waals surface area contributed by atoms with Crippen LogP contribution in [-0.4, -0.2) is 35.0 Å². The van der Waals surface area contributed by atoms with Crippen molar-refractivity contribution in [3.63, 3.8) is 0 Å². The fraction of sp³-hybridized carbons (Fsp3) is 0.750. The van der Waals surface area contributed by atoms with E-state index in [1.807, 2.05) is 0 Å². The van der Waals surface area contributed by atoms with Gasteiger partial charge >= 0.3 is 10.4 Å². The van der Waals surface area contributed by atoms with E-state index >= 15 is 0 Å². The lowest BCUT2D eigenvalue weighted by atomic mass is 10.7. The van der Waals surface area contributed by atoms with Crippen LogP contribution in [-0.2, 0) is 18.9 Å². The lowest BCUT2D eigenvalue weighted by Gasteiger charge is -1.90. The van der Waals surface area contributed by atoms with Crippen molar-refractivity contribution >= 4 is 16.7 Å². The Kier molecular flexibility index (Phi) is 5.54. The lowest BCUT2D eigenvalue weighted by Crippen LogP contribution is -2.11. The summed E-state index contributed by atoms with van der Waals surface area (Å²) in [5.41, 5.74) is 0. The summed E-state index contributed by atoms with van der Waals surface area (Å²) < 4.78 is 26.6. The van der Waals surface area contributed by atoms with Gasteiger partial charge in [0.1, 0.15) is 0 Å². The molecule has 0 spiro atoms. The number of aliphatic imine (C=N–C) groups is 1. The average Bonchev–Trinajstić information content (AvgIpc) is 2.62. The van der Waals surface area contributed by atoms with Gasteiger partial charge in [-0.15, -0.1) is 0 Å². The van der Waals surface area contributed by atoms with E-state index in [4.69, 9.17) is 0 Å². The van der Waals surface area contributed by atoms with Crippen LogP contribution in [0.2, 0.25) is 0 Å². The van der Waals surface area contributed by atoms with Crippen molar-refractivity contribution in [1.82, 2.24) is 5.32 Å². The smallest absolute Gasteiger partial charge is 0.375 e. The third-order valence-corrected chi connectivity index (χ3v) is 1.53. The van der Waals surface area contributed by atoms with Crippen LogP contribution in [0.3, 0.4) is 0 Å². The lowest BCUT2D eigenvalue weighted by molar-refractivity contribution is 0.250. The molecule has 8 heteroatoms. The summed E-state index contributed by atoms with van der Waals surface area (Å²) in [7, 11) is -2.93. The second-order valence-corrected chi connectivity index (χ2v) is 3.00. The van der Waals surface area contributed by atoms with Crippen LogP contribution >= 0.6 is 0 Å². The normalized spacial score (nSPS) is 14.8. The highest BCUT2D eigenvalue weighted by Gasteiger charge is 2.02. The molecule has 0 aromatic rings. The molecule has 0 aromatic heterocycles. The first-order valence-electron chi connectivity index (χ1n) is 3.03. The van der Waals surface area contributed by atoms with Crippen LogP contribution in [0, 0.1) is 0 Å². The predicted molar refractivity (Wildman–Crippen MR) is 42.6 cm³/mol. The van der Waals surface area contributed by atoms with Gasteiger partial charge < -0.3 is 5.32 Å². The molecule has 1 aliphatic rings. The van der Waals surface area contributed by atoms with Crippen LogP contribution in [0.4, 0.5) is 0 Å². The Bertz CT molecular complexity index is 208. The van der Waals surface area contributed by atoms with E-state index in [0.29, 0.717) is 0 Å². The largest absolute Gasteiger partial charge is 0.415 e. The summed E-state index contributed by atoms with van der Waals surface area (Å²) in [6.45, 7) is 1.99. The van der Waals surface area contributed by atoms with Gasteiger partial charge in [-0.3, -0.25) is 9.18 Å². The Morgan fingerprint density at radius 3 is 2.42 bits per heavy atom. The van der Waals surface area contributed by atoms with Gasteiger partial charge in [0.25, 0.3) is 0 Å². The van der Waals surface area contributed by atoms with E-state index in [1.165, 1.54) is 0 Å². The van der Waals surface area contributed by atoms with Crippen molar-refractivity contribution < 1.29 is 16.9 Å². The molecule has 0 bridgehead atoms. The highest BCUT2D eigenvalue weighted by atomic mass is 32.3. The number of hydrogen-bond acceptors (Lipinski definition) is 7. The van der Waals surface area contributed by atoms with Crippen LogP contribution in [0.25, 0.3) is 0 Å². The van der Waals surface area contributed by atoms with E-state index in [1.54, 1.807) is 6.34 Å². The fourth-order valence-electron chi connectivity index (χ4n) is 0.362. The molecular formula is C4H11N3O4S. The standard InChI is InChI=1S/C3H6N2.CH5NO4S/c1-2-5-3-4-1;1-5-7(3,4)6-2/h3H,1-2H2,(H,4,5);2H2,1H3. The molecule has 1 heterocycles. The summed E-state index contributed by atoms with van der Waals surface area (Å²) in [6.07, 6.45) is 1.74. The second-order valence-electron chi connectivity index (χ2n) is 1.66. The number of rotatable bonds is 2. The van der Waals surface area contributed by atoms with Crippen LogP contribution in [0.5, 0.6) is 0 Å². The topological polar surface area (TPSA) is 103 Å². The van der Waals surface area contributed by atoms with Gasteiger partial charge in [0, 0.05) is 6.54 Å². The molecule has 0 fully saturated rings. The van der Waals surface area contributed by atoms with E-state index in [2.05, 4.69) is 24.7 Å². The first-order chi connectivity index (χ1) is 5.62. The van der Waals surface area contributed by atoms with Gasteiger partial charge in [-0.25, -0.2) is 0 Å². The Hall–Kier alpha value is -0.700. The Morgan fingerprint density at radius 2 is 2.33 bits per heavy atom. The third kappa shape index (κ3) is 6.04. The van der Waals surface area contributed by atoms with E-state index < -0.39 is 10.4 Å². The van der Waals surface area contributed by atoms with Crippen molar-refractivity contribution in [3.05, 3.63) is 0 Å². The van der Waals surface area contributed by atoms with E-state index in [0.717, 1.165) is 20.2 Å². The zero-order chi connectivity index (χ0) is 9.45. The molecule has 0 amide bonds. The summed E-state index contributed by atoms with van der Waals surface area (Å²) >= 11 is 0. The van der Waals surface area contributed by atoms with E-state index in [-0.39, 0.29) is 0 Å². The van der Waals surface area contributed by atoms with Crippen molar-refractivity contribution in [2.45, 2.75) is 0 Å². The first kappa shape index (κ1) is 11.3. The number of nitrogens with two attached hydrogens (primary N) is 1. The SMILES string of the molecule is C1=NCCN1.COS(=O)(=O)ON. The van der Waals surface area contributed by atoms with Gasteiger partial charge in [0.15, 0.2) is 0 Å². The maximum absolute atomic E-state index is 9.80. The molecule has 1 aliphatic heterocycles. The van der Waals surface area contributed by atoms with Crippen LogP contribution < -0.4 is 11.2 Å². The Balaban J connectivity index is 0.000000211. The van der Waals surface area contributed by atoms with Crippen LogP contribution in [0.15, 0.2) is 4.99 Å². The zero-order valence-electron chi connectivity index (χ0n) is 6.56. The maximum Gasteiger partial charge on any atom is 0.415 e. The van der Waals surface area contributed by atoms with Crippen molar-refractivity contribution in [2.75, 3.05) is 20.2 Å². The molecule has 7 nitrogen and oxygen atoms in total. The Labute approximate surface area is 70.8 Å². The minimum absolute atomic E-state index is 0.947. The van der Waals surface area contributed by atoms with Crippen molar-refractivity contribution in [2.24, 2.45) is 10.9 Å². The van der Waals surface area contributed by atoms with Gasteiger partial charge in [0.2, 0.25) is 0 Å². The quantitative estimate of drug-likeness (QED) is 0.516. The van der Waals surface area contributed by atoms with E-state index in [9.17, 15) is 8.42 Å². The minimum atomic E-state index is -3.88. The predicted octanol–water partition coefficient (Wildman–Crippen LogP) is -1.61. The molecule has 1 rings (SSSR count). The molecule has 3 N–H and O–H groups in total. The molecule has 72 valence electrons.